The zero-order valence-electron chi connectivity index (χ0n) is 23.5. The molecule has 220 valence electrons. The number of Topliss-reactive ketones (excluding diaryl/α,β-unsaturated/α-hetero) is 1. The number of carbonyl (C=O) groups excluding carboxylic acids is 2. The standard InChI is InChI=1S/C30H36ClN3O7/c1-17-9-11-29-14-22(35)25(37)30(29,40)28(17,3)23(41-24(36)15-31)13-21(18(29)2)19-10-12-32-26(38)34(27(39)33(32)16-19)20-7-5-4-6-8-20/h4-8,10,17-18,21-23,35,40H,9,11-16H2,1-3H3/t17-,18+,21-,22+,23-,28+,29+,30-/m1/s1. The summed E-state index contributed by atoms with van der Waals surface area (Å²) in [5.41, 5.74) is -3.61. The van der Waals surface area contributed by atoms with Crippen molar-refractivity contribution in [2.24, 2.45) is 28.6 Å². The van der Waals surface area contributed by atoms with Gasteiger partial charge in [0.2, 0.25) is 0 Å². The second-order valence-electron chi connectivity index (χ2n) is 12.6. The number of hydrogen-bond donors (Lipinski definition) is 2. The van der Waals surface area contributed by atoms with E-state index >= 15 is 0 Å². The number of allylic oxidation sites excluding steroid dienone is 2. The van der Waals surface area contributed by atoms with Gasteiger partial charge in [-0.2, -0.15) is 0 Å². The quantitative estimate of drug-likeness (QED) is 0.319. The zero-order valence-corrected chi connectivity index (χ0v) is 24.2. The second-order valence-corrected chi connectivity index (χ2v) is 12.8. The van der Waals surface area contributed by atoms with E-state index in [-0.39, 0.29) is 43.1 Å². The normalized spacial score (nSPS) is 38.0. The van der Waals surface area contributed by atoms with Gasteiger partial charge < -0.3 is 14.9 Å². The number of carbonyl (C=O) groups is 2. The molecule has 2 aromatic rings. The van der Waals surface area contributed by atoms with E-state index in [9.17, 15) is 29.4 Å². The molecule has 3 saturated carbocycles. The molecule has 0 unspecified atom stereocenters. The fraction of sp³-hybridized carbons (Fsp3) is 0.600. The lowest BCUT2D eigenvalue weighted by Crippen LogP contribution is -2.69. The highest BCUT2D eigenvalue weighted by Gasteiger charge is 2.78. The highest BCUT2D eigenvalue weighted by molar-refractivity contribution is 6.26. The topological polar surface area (TPSA) is 133 Å². The van der Waals surface area contributed by atoms with Gasteiger partial charge in [-0.3, -0.25) is 9.59 Å². The van der Waals surface area contributed by atoms with Gasteiger partial charge in [0.15, 0.2) is 5.78 Å². The van der Waals surface area contributed by atoms with Gasteiger partial charge in [-0.05, 0) is 61.1 Å². The van der Waals surface area contributed by atoms with Crippen LogP contribution in [0.5, 0.6) is 0 Å². The second kappa shape index (κ2) is 9.54. The first-order valence-corrected chi connectivity index (χ1v) is 14.8. The number of nitrogens with zero attached hydrogens (tertiary/aromatic N) is 3. The Hall–Kier alpha value is -2.95. The van der Waals surface area contributed by atoms with Crippen LogP contribution in [0, 0.1) is 28.6 Å². The summed E-state index contributed by atoms with van der Waals surface area (Å²) in [5, 5.41) is 23.5. The first kappa shape index (κ1) is 28.2. The molecular weight excluding hydrogens is 550 g/mol. The predicted molar refractivity (Wildman–Crippen MR) is 150 cm³/mol. The third-order valence-electron chi connectivity index (χ3n) is 11.2. The minimum atomic E-state index is -1.92. The lowest BCUT2D eigenvalue weighted by Gasteiger charge is -2.60. The molecule has 0 amide bonds. The molecule has 2 bridgehead atoms. The summed E-state index contributed by atoms with van der Waals surface area (Å²) >= 11 is 5.85. The van der Waals surface area contributed by atoms with E-state index in [1.807, 2.05) is 26.0 Å². The molecule has 1 aliphatic heterocycles. The number of alkyl halides is 1. The maximum absolute atomic E-state index is 13.7. The molecule has 3 fully saturated rings. The minimum Gasteiger partial charge on any atom is -0.461 e. The molecule has 10 nitrogen and oxygen atoms in total. The number of rotatable bonds is 4. The van der Waals surface area contributed by atoms with E-state index in [0.29, 0.717) is 24.9 Å². The molecule has 8 atom stereocenters. The Labute approximate surface area is 242 Å². The number of esters is 1. The first-order chi connectivity index (χ1) is 19.4. The Morgan fingerprint density at radius 1 is 1.12 bits per heavy atom. The van der Waals surface area contributed by atoms with Gasteiger partial charge in [0, 0.05) is 10.8 Å². The van der Waals surface area contributed by atoms with Crippen molar-refractivity contribution in [3.63, 3.8) is 0 Å². The number of halogens is 1. The average Bonchev–Trinajstić information content (AvgIpc) is 3.34. The SMILES string of the molecule is C[C@@H]1CC[C@@]23C[C@H](O)C(=O)[C@@]2(O)[C@]1(C)[C@H](OC(=O)CCl)C[C@@H](C1=CCn2c(=O)n(-c4ccccc4)c(=O)n2C1)[C@@H]3C. The van der Waals surface area contributed by atoms with Crippen LogP contribution in [0.4, 0.5) is 0 Å². The van der Waals surface area contributed by atoms with Gasteiger partial charge >= 0.3 is 17.3 Å². The summed E-state index contributed by atoms with van der Waals surface area (Å²) < 4.78 is 9.94. The maximum Gasteiger partial charge on any atom is 0.352 e. The smallest absolute Gasteiger partial charge is 0.352 e. The predicted octanol–water partition coefficient (Wildman–Crippen LogP) is 2.03. The summed E-state index contributed by atoms with van der Waals surface area (Å²) in [6.07, 6.45) is 1.36. The van der Waals surface area contributed by atoms with Crippen LogP contribution < -0.4 is 11.4 Å². The molecule has 4 aliphatic rings. The van der Waals surface area contributed by atoms with Crippen molar-refractivity contribution in [3.8, 4) is 5.69 Å². The molecule has 1 aromatic heterocycles. The fourth-order valence-electron chi connectivity index (χ4n) is 8.84. The Balaban J connectivity index is 1.47. The number of aliphatic hydroxyl groups is 2. The minimum absolute atomic E-state index is 0.112. The Morgan fingerprint density at radius 2 is 1.80 bits per heavy atom. The molecule has 6 rings (SSSR count). The van der Waals surface area contributed by atoms with Crippen LogP contribution in [0.15, 0.2) is 51.6 Å². The maximum atomic E-state index is 13.7. The number of benzene rings is 1. The number of fused-ring (bicyclic) bond motifs is 1. The van der Waals surface area contributed by atoms with Crippen molar-refractivity contribution in [3.05, 3.63) is 62.9 Å². The number of aliphatic hydroxyl groups excluding tert-OH is 1. The van der Waals surface area contributed by atoms with Gasteiger partial charge in [-0.25, -0.2) is 23.5 Å². The molecule has 41 heavy (non-hydrogen) atoms. The van der Waals surface area contributed by atoms with Crippen LogP contribution in [-0.2, 0) is 27.4 Å². The van der Waals surface area contributed by atoms with Crippen LogP contribution >= 0.6 is 11.6 Å². The van der Waals surface area contributed by atoms with Crippen LogP contribution in [0.1, 0.15) is 46.5 Å². The van der Waals surface area contributed by atoms with E-state index in [4.69, 9.17) is 16.3 Å². The Bertz CT molecular complexity index is 1560. The third kappa shape index (κ3) is 3.56. The van der Waals surface area contributed by atoms with Crippen molar-refractivity contribution in [2.75, 3.05) is 5.88 Å². The van der Waals surface area contributed by atoms with Crippen molar-refractivity contribution in [1.82, 2.24) is 13.9 Å². The summed E-state index contributed by atoms with van der Waals surface area (Å²) in [4.78, 5) is 53.1. The highest BCUT2D eigenvalue weighted by Crippen LogP contribution is 2.70. The molecule has 0 saturated heterocycles. The van der Waals surface area contributed by atoms with E-state index in [1.54, 1.807) is 31.2 Å². The monoisotopic (exact) mass is 585 g/mol. The highest BCUT2D eigenvalue weighted by atomic mass is 35.5. The van der Waals surface area contributed by atoms with E-state index < -0.39 is 51.8 Å². The van der Waals surface area contributed by atoms with Crippen molar-refractivity contribution < 1.29 is 24.5 Å². The van der Waals surface area contributed by atoms with Crippen LogP contribution in [0.3, 0.4) is 0 Å². The number of para-hydroxylation sites is 1. The summed E-state index contributed by atoms with van der Waals surface area (Å²) in [5.74, 6) is -2.45. The zero-order chi connectivity index (χ0) is 29.5. The summed E-state index contributed by atoms with van der Waals surface area (Å²) in [7, 11) is 0. The van der Waals surface area contributed by atoms with E-state index in [1.165, 1.54) is 9.36 Å². The largest absolute Gasteiger partial charge is 0.461 e. The summed E-state index contributed by atoms with van der Waals surface area (Å²) in [6.45, 7) is 6.06. The Morgan fingerprint density at radius 3 is 2.49 bits per heavy atom. The summed E-state index contributed by atoms with van der Waals surface area (Å²) in [6, 6.07) is 8.75. The Kier molecular flexibility index (Phi) is 6.56. The number of aromatic nitrogens is 3. The number of hydrogen-bond acceptors (Lipinski definition) is 7. The molecule has 1 aromatic carbocycles. The van der Waals surface area contributed by atoms with E-state index in [2.05, 4.69) is 0 Å². The van der Waals surface area contributed by atoms with Gasteiger partial charge in [-0.1, -0.05) is 45.0 Å². The molecule has 3 aliphatic carbocycles. The van der Waals surface area contributed by atoms with Crippen molar-refractivity contribution in [1.29, 1.82) is 0 Å². The molecule has 2 N–H and O–H groups in total. The molecule has 0 radical (unpaired) electrons. The fourth-order valence-corrected chi connectivity index (χ4v) is 8.90. The first-order valence-electron chi connectivity index (χ1n) is 14.3. The van der Waals surface area contributed by atoms with Crippen LogP contribution in [-0.4, -0.2) is 59.6 Å². The number of ketones is 1. The molecule has 11 heteroatoms. The van der Waals surface area contributed by atoms with Gasteiger partial charge in [0.05, 0.1) is 18.8 Å². The lowest BCUT2D eigenvalue weighted by atomic mass is 9.46. The van der Waals surface area contributed by atoms with Crippen LogP contribution in [0.2, 0.25) is 0 Å². The molecule has 2 heterocycles. The van der Waals surface area contributed by atoms with Crippen molar-refractivity contribution >= 4 is 23.4 Å². The third-order valence-corrected chi connectivity index (χ3v) is 11.4. The van der Waals surface area contributed by atoms with Gasteiger partial charge in [-0.15, -0.1) is 11.6 Å². The van der Waals surface area contributed by atoms with Gasteiger partial charge in [0.25, 0.3) is 0 Å². The molecule has 0 spiro atoms. The average molecular weight is 586 g/mol. The van der Waals surface area contributed by atoms with Gasteiger partial charge in [0.1, 0.15) is 23.7 Å². The van der Waals surface area contributed by atoms with E-state index in [0.717, 1.165) is 10.1 Å². The molecular formula is C30H36ClN3O7. The lowest BCUT2D eigenvalue weighted by molar-refractivity contribution is -0.234. The van der Waals surface area contributed by atoms with Crippen molar-refractivity contribution in [2.45, 2.75) is 77.4 Å². The number of ether oxygens (including phenoxy) is 1. The van der Waals surface area contributed by atoms with Crippen LogP contribution in [0.25, 0.3) is 5.69 Å².